The van der Waals surface area contributed by atoms with Crippen LogP contribution < -0.4 is 4.90 Å². The number of hydrogen-bond acceptors (Lipinski definition) is 8. The van der Waals surface area contributed by atoms with Crippen molar-refractivity contribution < 1.29 is 27.8 Å². The van der Waals surface area contributed by atoms with Crippen LogP contribution in [0.15, 0.2) is 47.9 Å². The number of rotatable bonds is 5. The van der Waals surface area contributed by atoms with Gasteiger partial charge in [-0.2, -0.15) is 4.31 Å². The van der Waals surface area contributed by atoms with Gasteiger partial charge in [0.25, 0.3) is 10.0 Å². The van der Waals surface area contributed by atoms with E-state index < -0.39 is 28.3 Å². The first-order chi connectivity index (χ1) is 17.8. The average Bonchev–Trinajstić information content (AvgIpc) is 3.34. The Morgan fingerprint density at radius 3 is 2.57 bits per heavy atom. The molecule has 3 aliphatic rings. The molecule has 4 heterocycles. The molecule has 1 aromatic heterocycles. The highest BCUT2D eigenvalue weighted by atomic mass is 32.2. The van der Waals surface area contributed by atoms with Gasteiger partial charge in [-0.05, 0) is 25.0 Å². The Kier molecular flexibility index (Phi) is 7.82. The first-order valence-corrected chi connectivity index (χ1v) is 14.2. The summed E-state index contributed by atoms with van der Waals surface area (Å²) in [5, 5.41) is 10.3. The number of aromatic nitrogens is 2. The summed E-state index contributed by atoms with van der Waals surface area (Å²) in [7, 11) is -2.24. The predicted octanol–water partition coefficient (Wildman–Crippen LogP) is 0.457. The van der Waals surface area contributed by atoms with Crippen LogP contribution in [0.1, 0.15) is 19.3 Å². The van der Waals surface area contributed by atoms with Gasteiger partial charge in [-0.15, -0.1) is 0 Å². The standard InChI is InChI=1S/C25H35N5O6S/c1-27-15-24(26-18-27)37(33,34)30-14-20(31)16-35-17-23-22(30)8-7-21(36-23)13-25(32)29-11-9-28(10-12-29)19-5-3-2-4-6-19/h2-6,15,18,20-23,31H,7-14,16-17H2,1H3/t20-,21-,22-,23+/m1/s1. The van der Waals surface area contributed by atoms with E-state index in [0.717, 1.165) is 18.8 Å². The van der Waals surface area contributed by atoms with E-state index >= 15 is 0 Å². The van der Waals surface area contributed by atoms with Gasteiger partial charge in [0.2, 0.25) is 5.91 Å². The van der Waals surface area contributed by atoms with Crippen molar-refractivity contribution in [3.63, 3.8) is 0 Å². The normalized spacial score (nSPS) is 27.8. The van der Waals surface area contributed by atoms with Gasteiger partial charge in [-0.1, -0.05) is 18.2 Å². The lowest BCUT2D eigenvalue weighted by Crippen LogP contribution is -2.57. The third-order valence-corrected chi connectivity index (χ3v) is 9.12. The van der Waals surface area contributed by atoms with Crippen molar-refractivity contribution in [2.24, 2.45) is 7.05 Å². The lowest BCUT2D eigenvalue weighted by atomic mass is 9.96. The minimum atomic E-state index is -3.94. The Balaban J connectivity index is 1.21. The van der Waals surface area contributed by atoms with Gasteiger partial charge in [0.15, 0.2) is 5.03 Å². The summed E-state index contributed by atoms with van der Waals surface area (Å²) in [6, 6.07) is 9.68. The largest absolute Gasteiger partial charge is 0.389 e. The second kappa shape index (κ2) is 11.1. The lowest BCUT2D eigenvalue weighted by molar-refractivity contribution is -0.151. The smallest absolute Gasteiger partial charge is 0.262 e. The van der Waals surface area contributed by atoms with Crippen LogP contribution >= 0.6 is 0 Å². The predicted molar refractivity (Wildman–Crippen MR) is 135 cm³/mol. The summed E-state index contributed by atoms with van der Waals surface area (Å²) >= 11 is 0. The van der Waals surface area contributed by atoms with E-state index in [9.17, 15) is 18.3 Å². The Morgan fingerprint density at radius 1 is 1.11 bits per heavy atom. The molecule has 0 aliphatic carbocycles. The van der Waals surface area contributed by atoms with E-state index in [1.54, 1.807) is 11.6 Å². The van der Waals surface area contributed by atoms with Crippen LogP contribution in [0, 0.1) is 0 Å². The Morgan fingerprint density at radius 2 is 1.86 bits per heavy atom. The summed E-state index contributed by atoms with van der Waals surface area (Å²) in [4.78, 5) is 21.3. The number of piperazine rings is 1. The van der Waals surface area contributed by atoms with Crippen molar-refractivity contribution in [1.82, 2.24) is 18.8 Å². The average molecular weight is 534 g/mol. The number of carbonyl (C=O) groups is 1. The van der Waals surface area contributed by atoms with Crippen LogP contribution in [-0.4, -0.2) is 108 Å². The van der Waals surface area contributed by atoms with Gasteiger partial charge >= 0.3 is 0 Å². The molecule has 11 nitrogen and oxygen atoms in total. The van der Waals surface area contributed by atoms with Crippen molar-refractivity contribution in [2.45, 2.75) is 48.6 Å². The molecule has 37 heavy (non-hydrogen) atoms. The van der Waals surface area contributed by atoms with Crippen LogP contribution in [0.2, 0.25) is 0 Å². The zero-order valence-corrected chi connectivity index (χ0v) is 21.9. The van der Waals surface area contributed by atoms with Gasteiger partial charge in [-0.3, -0.25) is 4.79 Å². The summed E-state index contributed by atoms with van der Waals surface area (Å²) in [5.41, 5.74) is 1.16. The number of carbonyl (C=O) groups excluding carboxylic acids is 1. The van der Waals surface area contributed by atoms with E-state index in [1.165, 1.54) is 16.8 Å². The number of benzene rings is 1. The quantitative estimate of drug-likeness (QED) is 0.589. The highest BCUT2D eigenvalue weighted by molar-refractivity contribution is 7.89. The highest BCUT2D eigenvalue weighted by Crippen LogP contribution is 2.31. The summed E-state index contributed by atoms with van der Waals surface area (Å²) in [6.07, 6.45) is 2.40. The molecular formula is C25H35N5O6S. The molecule has 1 amide bonds. The topological polar surface area (TPSA) is 117 Å². The van der Waals surface area contributed by atoms with Crippen molar-refractivity contribution in [1.29, 1.82) is 0 Å². The number of ether oxygens (including phenoxy) is 2. The number of hydrogen-bond donors (Lipinski definition) is 1. The molecule has 0 radical (unpaired) electrons. The first kappa shape index (κ1) is 26.1. The monoisotopic (exact) mass is 533 g/mol. The molecule has 0 spiro atoms. The number of aliphatic hydroxyl groups excluding tert-OH is 1. The fraction of sp³-hybridized carbons (Fsp3) is 0.600. The van der Waals surface area contributed by atoms with Crippen LogP contribution in [-0.2, 0) is 31.3 Å². The molecule has 2 aromatic rings. The molecule has 0 unspecified atom stereocenters. The lowest BCUT2D eigenvalue weighted by Gasteiger charge is -2.43. The molecule has 1 N–H and O–H groups in total. The number of para-hydroxylation sites is 1. The SMILES string of the molecule is Cn1cnc(S(=O)(=O)N2C[C@@H](O)COC[C@@H]3O[C@@H](CC(=O)N4CCN(c5ccccc5)CC4)CC[C@H]32)c1. The number of imidazole rings is 1. The molecule has 1 aromatic carbocycles. The molecule has 3 aliphatic heterocycles. The second-order valence-electron chi connectivity index (χ2n) is 9.99. The number of amides is 1. The number of fused-ring (bicyclic) bond motifs is 1. The zero-order chi connectivity index (χ0) is 26.0. The van der Waals surface area contributed by atoms with Gasteiger partial charge < -0.3 is 28.9 Å². The third kappa shape index (κ3) is 5.83. The molecule has 3 saturated heterocycles. The van der Waals surface area contributed by atoms with E-state index in [4.69, 9.17) is 9.47 Å². The first-order valence-electron chi connectivity index (χ1n) is 12.8. The highest BCUT2D eigenvalue weighted by Gasteiger charge is 2.44. The van der Waals surface area contributed by atoms with Crippen LogP contribution in [0.3, 0.4) is 0 Å². The third-order valence-electron chi connectivity index (χ3n) is 7.34. The van der Waals surface area contributed by atoms with Gasteiger partial charge in [-0.25, -0.2) is 13.4 Å². The van der Waals surface area contributed by atoms with E-state index in [1.807, 2.05) is 23.1 Å². The number of β-amino-alcohol motifs (C(OH)–C–C–N with tert-alkyl or cyclic N) is 1. The van der Waals surface area contributed by atoms with Crippen LogP contribution in [0.25, 0.3) is 0 Å². The van der Waals surface area contributed by atoms with Crippen molar-refractivity contribution >= 4 is 21.6 Å². The van der Waals surface area contributed by atoms with Gasteiger partial charge in [0.1, 0.15) is 0 Å². The summed E-state index contributed by atoms with van der Waals surface area (Å²) < 4.78 is 41.7. The number of aryl methyl sites for hydroxylation is 1. The number of nitrogens with zero attached hydrogens (tertiary/aromatic N) is 5. The fourth-order valence-corrected chi connectivity index (χ4v) is 7.08. The van der Waals surface area contributed by atoms with E-state index in [-0.39, 0.29) is 43.2 Å². The number of anilines is 1. The van der Waals surface area contributed by atoms with E-state index in [0.29, 0.717) is 25.9 Å². The van der Waals surface area contributed by atoms with Crippen LogP contribution in [0.5, 0.6) is 0 Å². The van der Waals surface area contributed by atoms with Crippen molar-refractivity contribution in [3.05, 3.63) is 42.9 Å². The molecule has 0 bridgehead atoms. The van der Waals surface area contributed by atoms with Crippen molar-refractivity contribution in [3.8, 4) is 0 Å². The Hall–Kier alpha value is -2.51. The summed E-state index contributed by atoms with van der Waals surface area (Å²) in [5.74, 6) is 0.0521. The van der Waals surface area contributed by atoms with Crippen LogP contribution in [0.4, 0.5) is 5.69 Å². The number of aliphatic hydroxyl groups is 1. The minimum absolute atomic E-state index is 0.0100. The zero-order valence-electron chi connectivity index (χ0n) is 21.1. The van der Waals surface area contributed by atoms with Gasteiger partial charge in [0.05, 0.1) is 50.3 Å². The Labute approximate surface area is 217 Å². The fourth-order valence-electron chi connectivity index (χ4n) is 5.39. The molecule has 12 heteroatoms. The maximum atomic E-state index is 13.4. The second-order valence-corrected chi connectivity index (χ2v) is 11.8. The molecule has 202 valence electrons. The molecule has 5 rings (SSSR count). The number of sulfonamides is 1. The maximum Gasteiger partial charge on any atom is 0.262 e. The molecular weight excluding hydrogens is 498 g/mol. The van der Waals surface area contributed by atoms with Crippen molar-refractivity contribution in [2.75, 3.05) is 50.8 Å². The maximum absolute atomic E-state index is 13.4. The molecule has 3 fully saturated rings. The molecule has 4 atom stereocenters. The summed E-state index contributed by atoms with van der Waals surface area (Å²) in [6.45, 7) is 2.93. The minimum Gasteiger partial charge on any atom is -0.389 e. The Bertz CT molecular complexity index is 1170. The van der Waals surface area contributed by atoms with E-state index in [2.05, 4.69) is 22.0 Å². The van der Waals surface area contributed by atoms with Gasteiger partial charge in [0, 0.05) is 51.7 Å². The molecule has 0 saturated carbocycles.